The van der Waals surface area contributed by atoms with Crippen LogP contribution in [0.1, 0.15) is 42.1 Å². The molecule has 1 amide bonds. The van der Waals surface area contributed by atoms with Crippen molar-refractivity contribution in [3.05, 3.63) is 40.4 Å². The molecule has 2 N–H and O–H groups in total. The lowest BCUT2D eigenvalue weighted by molar-refractivity contribution is -0.131. The molecule has 0 radical (unpaired) electrons. The SMILES string of the molecule is CCCCCNC(=O)c1ccc(/C=C/C(=O)O)c(Cl)c1. The zero-order valence-corrected chi connectivity index (χ0v) is 12.1. The number of benzene rings is 1. The zero-order chi connectivity index (χ0) is 15.0. The molecule has 5 heteroatoms. The molecule has 0 aliphatic carbocycles. The molecule has 1 aromatic rings. The number of rotatable bonds is 7. The number of hydrogen-bond acceptors (Lipinski definition) is 2. The molecule has 0 unspecified atom stereocenters. The fourth-order valence-corrected chi connectivity index (χ4v) is 1.89. The molecule has 20 heavy (non-hydrogen) atoms. The maximum Gasteiger partial charge on any atom is 0.328 e. The fourth-order valence-electron chi connectivity index (χ4n) is 1.64. The maximum absolute atomic E-state index is 11.9. The Morgan fingerprint density at radius 3 is 2.70 bits per heavy atom. The van der Waals surface area contributed by atoms with Crippen LogP contribution >= 0.6 is 11.6 Å². The number of carbonyl (C=O) groups is 2. The lowest BCUT2D eigenvalue weighted by Crippen LogP contribution is -2.24. The van der Waals surface area contributed by atoms with E-state index in [-0.39, 0.29) is 5.91 Å². The minimum Gasteiger partial charge on any atom is -0.478 e. The Balaban J connectivity index is 2.66. The summed E-state index contributed by atoms with van der Waals surface area (Å²) in [5.74, 6) is -1.21. The molecule has 0 saturated carbocycles. The average molecular weight is 296 g/mol. The topological polar surface area (TPSA) is 66.4 Å². The third kappa shape index (κ3) is 5.45. The molecule has 0 aromatic heterocycles. The minimum atomic E-state index is -1.04. The molecule has 0 atom stereocenters. The highest BCUT2D eigenvalue weighted by molar-refractivity contribution is 6.32. The van der Waals surface area contributed by atoms with Gasteiger partial charge >= 0.3 is 5.97 Å². The van der Waals surface area contributed by atoms with Crippen molar-refractivity contribution in [1.29, 1.82) is 0 Å². The molecule has 1 rings (SSSR count). The number of unbranched alkanes of at least 4 members (excludes halogenated alkanes) is 2. The quantitative estimate of drug-likeness (QED) is 0.599. The summed E-state index contributed by atoms with van der Waals surface area (Å²) in [4.78, 5) is 22.3. The highest BCUT2D eigenvalue weighted by atomic mass is 35.5. The first kappa shape index (κ1) is 16.2. The predicted octanol–water partition coefficient (Wildman–Crippen LogP) is 3.36. The van der Waals surface area contributed by atoms with Crippen molar-refractivity contribution in [2.45, 2.75) is 26.2 Å². The van der Waals surface area contributed by atoms with E-state index in [9.17, 15) is 9.59 Å². The second kappa shape index (κ2) is 8.38. The van der Waals surface area contributed by atoms with Crippen LogP contribution in [0, 0.1) is 0 Å². The molecular formula is C15H18ClNO3. The van der Waals surface area contributed by atoms with E-state index >= 15 is 0 Å². The van der Waals surface area contributed by atoms with Crippen LogP contribution in [0.3, 0.4) is 0 Å². The van der Waals surface area contributed by atoms with Gasteiger partial charge in [-0.15, -0.1) is 0 Å². The van der Waals surface area contributed by atoms with Gasteiger partial charge in [-0.1, -0.05) is 37.4 Å². The van der Waals surface area contributed by atoms with E-state index in [0.717, 1.165) is 25.3 Å². The summed E-state index contributed by atoms with van der Waals surface area (Å²) in [6, 6.07) is 4.80. The molecule has 108 valence electrons. The number of nitrogens with one attached hydrogen (secondary N) is 1. The Kier molecular flexibility index (Phi) is 6.81. The van der Waals surface area contributed by atoms with E-state index in [1.165, 1.54) is 12.1 Å². The van der Waals surface area contributed by atoms with Crippen molar-refractivity contribution in [1.82, 2.24) is 5.32 Å². The summed E-state index contributed by atoms with van der Waals surface area (Å²) in [6.07, 6.45) is 5.54. The molecule has 0 aliphatic rings. The summed E-state index contributed by atoms with van der Waals surface area (Å²) >= 11 is 6.02. The maximum atomic E-state index is 11.9. The first-order valence-electron chi connectivity index (χ1n) is 6.53. The van der Waals surface area contributed by atoms with Gasteiger partial charge in [0.25, 0.3) is 5.91 Å². The lowest BCUT2D eigenvalue weighted by Gasteiger charge is -2.06. The van der Waals surface area contributed by atoms with Gasteiger partial charge in [-0.05, 0) is 30.2 Å². The van der Waals surface area contributed by atoms with Gasteiger partial charge in [0.2, 0.25) is 0 Å². The standard InChI is InChI=1S/C15H18ClNO3/c1-2-3-4-9-17-15(20)12-6-5-11(13(16)10-12)7-8-14(18)19/h5-8,10H,2-4,9H2,1H3,(H,17,20)(H,18,19)/b8-7+. The number of carbonyl (C=O) groups excluding carboxylic acids is 1. The van der Waals surface area contributed by atoms with Crippen molar-refractivity contribution in [2.75, 3.05) is 6.54 Å². The number of halogens is 1. The summed E-state index contributed by atoms with van der Waals surface area (Å²) in [5.41, 5.74) is 1.04. The predicted molar refractivity (Wildman–Crippen MR) is 80.0 cm³/mol. The van der Waals surface area contributed by atoms with Gasteiger partial charge in [-0.3, -0.25) is 4.79 Å². The number of carboxylic acid groups (broad SMARTS) is 1. The first-order chi connectivity index (χ1) is 9.54. The molecule has 0 spiro atoms. The van der Waals surface area contributed by atoms with Crippen LogP contribution in [0.4, 0.5) is 0 Å². The second-order valence-corrected chi connectivity index (χ2v) is 4.78. The largest absolute Gasteiger partial charge is 0.478 e. The Labute approximate surface area is 123 Å². The lowest BCUT2D eigenvalue weighted by atomic mass is 10.1. The van der Waals surface area contributed by atoms with Crippen molar-refractivity contribution >= 4 is 29.6 Å². The first-order valence-corrected chi connectivity index (χ1v) is 6.91. The summed E-state index contributed by atoms with van der Waals surface area (Å²) in [7, 11) is 0. The molecule has 0 bridgehead atoms. The van der Waals surface area contributed by atoms with Gasteiger partial charge in [0, 0.05) is 23.2 Å². The molecule has 0 aliphatic heterocycles. The summed E-state index contributed by atoms with van der Waals surface area (Å²) in [5, 5.41) is 11.7. The number of amides is 1. The van der Waals surface area contributed by atoms with Crippen molar-refractivity contribution in [3.63, 3.8) is 0 Å². The zero-order valence-electron chi connectivity index (χ0n) is 11.4. The Morgan fingerprint density at radius 2 is 2.10 bits per heavy atom. The smallest absolute Gasteiger partial charge is 0.328 e. The van der Waals surface area contributed by atoms with Crippen molar-refractivity contribution in [3.8, 4) is 0 Å². The van der Waals surface area contributed by atoms with E-state index in [4.69, 9.17) is 16.7 Å². The van der Waals surface area contributed by atoms with Crippen molar-refractivity contribution in [2.24, 2.45) is 0 Å². The van der Waals surface area contributed by atoms with E-state index in [0.29, 0.717) is 22.7 Å². The van der Waals surface area contributed by atoms with Crippen LogP contribution in [0.25, 0.3) is 6.08 Å². The third-order valence-corrected chi connectivity index (χ3v) is 3.06. The van der Waals surface area contributed by atoms with Gasteiger partial charge in [-0.25, -0.2) is 4.79 Å². The van der Waals surface area contributed by atoms with Gasteiger partial charge in [0.1, 0.15) is 0 Å². The van der Waals surface area contributed by atoms with Gasteiger partial charge in [0.15, 0.2) is 0 Å². The van der Waals surface area contributed by atoms with Crippen molar-refractivity contribution < 1.29 is 14.7 Å². The van der Waals surface area contributed by atoms with Crippen LogP contribution in [0.5, 0.6) is 0 Å². The van der Waals surface area contributed by atoms with Crippen LogP contribution in [-0.4, -0.2) is 23.5 Å². The number of carboxylic acids is 1. The van der Waals surface area contributed by atoms with Crippen LogP contribution in [0.2, 0.25) is 5.02 Å². The van der Waals surface area contributed by atoms with Gasteiger partial charge in [-0.2, -0.15) is 0 Å². The van der Waals surface area contributed by atoms with E-state index in [1.807, 2.05) is 0 Å². The molecule has 4 nitrogen and oxygen atoms in total. The third-order valence-electron chi connectivity index (χ3n) is 2.73. The summed E-state index contributed by atoms with van der Waals surface area (Å²) in [6.45, 7) is 2.75. The molecule has 0 fully saturated rings. The monoisotopic (exact) mass is 295 g/mol. The molecular weight excluding hydrogens is 278 g/mol. The molecule has 1 aromatic carbocycles. The van der Waals surface area contributed by atoms with Gasteiger partial charge < -0.3 is 10.4 Å². The molecule has 0 saturated heterocycles. The van der Waals surface area contributed by atoms with E-state index in [2.05, 4.69) is 12.2 Å². The highest BCUT2D eigenvalue weighted by Crippen LogP contribution is 2.19. The van der Waals surface area contributed by atoms with Crippen LogP contribution < -0.4 is 5.32 Å². The number of aliphatic carboxylic acids is 1. The van der Waals surface area contributed by atoms with Gasteiger partial charge in [0.05, 0.1) is 0 Å². The minimum absolute atomic E-state index is 0.170. The number of hydrogen-bond donors (Lipinski definition) is 2. The van der Waals surface area contributed by atoms with Crippen LogP contribution in [-0.2, 0) is 4.79 Å². The van der Waals surface area contributed by atoms with E-state index in [1.54, 1.807) is 12.1 Å². The highest BCUT2D eigenvalue weighted by Gasteiger charge is 2.07. The van der Waals surface area contributed by atoms with E-state index < -0.39 is 5.97 Å². The summed E-state index contributed by atoms with van der Waals surface area (Å²) < 4.78 is 0. The Morgan fingerprint density at radius 1 is 1.35 bits per heavy atom. The average Bonchev–Trinajstić information content (AvgIpc) is 2.41. The Bertz CT molecular complexity index is 512. The fraction of sp³-hybridized carbons (Fsp3) is 0.333. The second-order valence-electron chi connectivity index (χ2n) is 4.37. The molecule has 0 heterocycles. The van der Waals surface area contributed by atoms with Crippen LogP contribution in [0.15, 0.2) is 24.3 Å². The normalized spacial score (nSPS) is 10.7. The Hall–Kier alpha value is -1.81.